The highest BCUT2D eigenvalue weighted by atomic mass is 19.4. The van der Waals surface area contributed by atoms with E-state index in [1.807, 2.05) is 0 Å². The van der Waals surface area contributed by atoms with E-state index < -0.39 is 34.6 Å². The largest absolute Gasteiger partial charge is 0.417 e. The third-order valence-electron chi connectivity index (χ3n) is 4.71. The number of nitrogens with zero attached hydrogens (tertiary/aromatic N) is 2. The van der Waals surface area contributed by atoms with Gasteiger partial charge in [-0.05, 0) is 55.8 Å². The molecule has 1 aromatic heterocycles. The van der Waals surface area contributed by atoms with Crippen LogP contribution in [-0.4, -0.2) is 21.2 Å². The molecule has 1 atom stereocenters. The average Bonchev–Trinajstić information content (AvgIpc) is 2.95. The molecule has 0 aliphatic rings. The molecular formula is C21H17F4N3O2. The summed E-state index contributed by atoms with van der Waals surface area (Å²) < 4.78 is 54.4. The number of carbonyl (C=O) groups is 1. The van der Waals surface area contributed by atoms with Gasteiger partial charge in [-0.15, -0.1) is 0 Å². The predicted molar refractivity (Wildman–Crippen MR) is 102 cm³/mol. The first-order valence-corrected chi connectivity index (χ1v) is 8.82. The van der Waals surface area contributed by atoms with Gasteiger partial charge in [0.25, 0.3) is 5.91 Å². The molecule has 0 aliphatic carbocycles. The van der Waals surface area contributed by atoms with Gasteiger partial charge < -0.3 is 15.0 Å². The summed E-state index contributed by atoms with van der Waals surface area (Å²) in [6.07, 6.45) is -3.12. The zero-order valence-corrected chi connectivity index (χ0v) is 16.0. The number of benzene rings is 2. The van der Waals surface area contributed by atoms with Crippen molar-refractivity contribution in [1.29, 1.82) is 5.26 Å². The van der Waals surface area contributed by atoms with E-state index in [1.165, 1.54) is 31.2 Å². The highest BCUT2D eigenvalue weighted by molar-refractivity contribution is 5.97. The third kappa shape index (κ3) is 4.14. The number of hydrogen-bond donors (Lipinski definition) is 2. The Morgan fingerprint density at radius 3 is 2.57 bits per heavy atom. The molecule has 0 bridgehead atoms. The number of carbonyl (C=O) groups excluding carboxylic acids is 1. The maximum atomic E-state index is 13.5. The van der Waals surface area contributed by atoms with Gasteiger partial charge in [-0.3, -0.25) is 4.79 Å². The van der Waals surface area contributed by atoms with Crippen molar-refractivity contribution < 1.29 is 27.5 Å². The number of aryl methyl sites for hydroxylation is 1. The Hall–Kier alpha value is -3.38. The molecule has 30 heavy (non-hydrogen) atoms. The lowest BCUT2D eigenvalue weighted by Crippen LogP contribution is -2.43. The summed E-state index contributed by atoms with van der Waals surface area (Å²) in [6.45, 7) is 2.76. The van der Waals surface area contributed by atoms with E-state index >= 15 is 0 Å². The van der Waals surface area contributed by atoms with Crippen LogP contribution in [0.4, 0.5) is 23.2 Å². The van der Waals surface area contributed by atoms with E-state index in [4.69, 9.17) is 5.26 Å². The lowest BCUT2D eigenvalue weighted by atomic mass is 10.0. The van der Waals surface area contributed by atoms with Gasteiger partial charge in [-0.2, -0.15) is 18.4 Å². The van der Waals surface area contributed by atoms with Crippen LogP contribution in [0.3, 0.4) is 0 Å². The zero-order chi connectivity index (χ0) is 22.3. The van der Waals surface area contributed by atoms with E-state index in [-0.39, 0.29) is 12.2 Å². The van der Waals surface area contributed by atoms with Gasteiger partial charge in [0.1, 0.15) is 5.82 Å². The molecule has 1 heterocycles. The molecule has 0 radical (unpaired) electrons. The molecule has 3 rings (SSSR count). The molecule has 0 saturated carbocycles. The van der Waals surface area contributed by atoms with Gasteiger partial charge in [-0.25, -0.2) is 4.39 Å². The molecule has 0 saturated heterocycles. The van der Waals surface area contributed by atoms with E-state index in [1.54, 1.807) is 17.7 Å². The maximum absolute atomic E-state index is 13.5. The van der Waals surface area contributed by atoms with Crippen LogP contribution in [0.1, 0.15) is 23.6 Å². The minimum atomic E-state index is -4.77. The average molecular weight is 419 g/mol. The van der Waals surface area contributed by atoms with Crippen LogP contribution in [0.15, 0.2) is 42.6 Å². The topological polar surface area (TPSA) is 78.1 Å². The van der Waals surface area contributed by atoms with E-state index in [9.17, 15) is 27.5 Å². The van der Waals surface area contributed by atoms with E-state index in [2.05, 4.69) is 5.32 Å². The van der Waals surface area contributed by atoms with Crippen molar-refractivity contribution in [2.45, 2.75) is 32.2 Å². The number of anilines is 1. The molecule has 1 unspecified atom stereocenters. The van der Waals surface area contributed by atoms with Crippen molar-refractivity contribution in [3.63, 3.8) is 0 Å². The minimum absolute atomic E-state index is 0.206. The molecule has 0 aliphatic heterocycles. The van der Waals surface area contributed by atoms with Gasteiger partial charge in [0, 0.05) is 22.8 Å². The second-order valence-corrected chi connectivity index (χ2v) is 7.20. The Kier molecular flexibility index (Phi) is 5.31. The summed E-state index contributed by atoms with van der Waals surface area (Å²) in [4.78, 5) is 12.6. The second-order valence-electron chi connectivity index (χ2n) is 7.20. The van der Waals surface area contributed by atoms with Gasteiger partial charge in [-0.1, -0.05) is 0 Å². The first-order valence-electron chi connectivity index (χ1n) is 8.82. The molecule has 0 fully saturated rings. The smallest absolute Gasteiger partial charge is 0.378 e. The molecule has 3 aromatic rings. The second kappa shape index (κ2) is 7.46. The molecule has 1 amide bonds. The number of aliphatic hydroxyl groups is 1. The molecule has 156 valence electrons. The zero-order valence-electron chi connectivity index (χ0n) is 16.0. The Labute approximate surface area is 169 Å². The number of amides is 1. The molecule has 5 nitrogen and oxygen atoms in total. The Morgan fingerprint density at radius 2 is 1.93 bits per heavy atom. The standard InChI is InChI=1S/C21H17F4N3O2/c1-12-10-28(18-6-4-14(22)7-16(12)18)11-20(2,30)19(29)27-15-5-3-13(9-26)17(8-15)21(23,24)25/h3-8,10,30H,11H2,1-2H3,(H,27,29). The van der Waals surface area contributed by atoms with Crippen LogP contribution < -0.4 is 5.32 Å². The Morgan fingerprint density at radius 1 is 1.23 bits per heavy atom. The fraction of sp³-hybridized carbons (Fsp3) is 0.238. The van der Waals surface area contributed by atoms with Gasteiger partial charge in [0.2, 0.25) is 0 Å². The number of nitriles is 1. The van der Waals surface area contributed by atoms with Crippen molar-refractivity contribution in [3.05, 3.63) is 65.1 Å². The van der Waals surface area contributed by atoms with Crippen molar-refractivity contribution in [3.8, 4) is 6.07 Å². The fourth-order valence-corrected chi connectivity index (χ4v) is 3.20. The number of hydrogen-bond acceptors (Lipinski definition) is 3. The quantitative estimate of drug-likeness (QED) is 0.617. The molecule has 2 aromatic carbocycles. The van der Waals surface area contributed by atoms with Crippen molar-refractivity contribution in [1.82, 2.24) is 4.57 Å². The van der Waals surface area contributed by atoms with Gasteiger partial charge in [0.15, 0.2) is 5.60 Å². The highest BCUT2D eigenvalue weighted by Crippen LogP contribution is 2.34. The van der Waals surface area contributed by atoms with Crippen LogP contribution in [0.2, 0.25) is 0 Å². The lowest BCUT2D eigenvalue weighted by Gasteiger charge is -2.24. The molecule has 0 spiro atoms. The van der Waals surface area contributed by atoms with Gasteiger partial charge in [0.05, 0.1) is 23.7 Å². The highest BCUT2D eigenvalue weighted by Gasteiger charge is 2.35. The first-order chi connectivity index (χ1) is 13.9. The Balaban J connectivity index is 1.86. The number of aromatic nitrogens is 1. The Bertz CT molecular complexity index is 1170. The molecule has 9 heteroatoms. The van der Waals surface area contributed by atoms with E-state index in [0.717, 1.165) is 17.7 Å². The number of fused-ring (bicyclic) bond motifs is 1. The number of halogens is 4. The van der Waals surface area contributed by atoms with E-state index in [0.29, 0.717) is 17.0 Å². The monoisotopic (exact) mass is 419 g/mol. The summed E-state index contributed by atoms with van der Waals surface area (Å²) >= 11 is 0. The van der Waals surface area contributed by atoms with Crippen LogP contribution >= 0.6 is 0 Å². The van der Waals surface area contributed by atoms with Crippen LogP contribution in [0.5, 0.6) is 0 Å². The number of alkyl halides is 3. The van der Waals surface area contributed by atoms with Gasteiger partial charge >= 0.3 is 6.18 Å². The normalized spacial score (nSPS) is 13.7. The van der Waals surface area contributed by atoms with Crippen molar-refractivity contribution in [2.24, 2.45) is 0 Å². The summed E-state index contributed by atoms with van der Waals surface area (Å²) in [6, 6.07) is 8.31. The summed E-state index contributed by atoms with van der Waals surface area (Å²) in [5.41, 5.74) is -2.62. The van der Waals surface area contributed by atoms with Crippen LogP contribution in [-0.2, 0) is 17.5 Å². The number of rotatable bonds is 4. The molecule has 2 N–H and O–H groups in total. The summed E-state index contributed by atoms with van der Waals surface area (Å²) in [5.74, 6) is -1.35. The first kappa shape index (κ1) is 21.3. The van der Waals surface area contributed by atoms with Crippen molar-refractivity contribution >= 4 is 22.5 Å². The SMILES string of the molecule is Cc1cn(CC(C)(O)C(=O)Nc2ccc(C#N)c(C(F)(F)F)c2)c2ccc(F)cc12. The number of nitrogens with one attached hydrogen (secondary N) is 1. The van der Waals surface area contributed by atoms with Crippen molar-refractivity contribution in [2.75, 3.05) is 5.32 Å². The predicted octanol–water partition coefficient (Wildman–Crippen LogP) is 4.37. The minimum Gasteiger partial charge on any atom is -0.378 e. The third-order valence-corrected chi connectivity index (χ3v) is 4.71. The lowest BCUT2D eigenvalue weighted by molar-refractivity contribution is -0.138. The summed E-state index contributed by atoms with van der Waals surface area (Å²) in [7, 11) is 0. The maximum Gasteiger partial charge on any atom is 0.417 e. The fourth-order valence-electron chi connectivity index (χ4n) is 3.20. The van der Waals surface area contributed by atoms with Crippen LogP contribution in [0, 0.1) is 24.1 Å². The van der Waals surface area contributed by atoms with Crippen LogP contribution in [0.25, 0.3) is 10.9 Å². The summed E-state index contributed by atoms with van der Waals surface area (Å²) in [5, 5.41) is 22.4. The molecular weight excluding hydrogens is 402 g/mol.